The average Bonchev–Trinajstić information content (AvgIpc) is 2.63. The molecule has 0 unspecified atom stereocenters. The predicted octanol–water partition coefficient (Wildman–Crippen LogP) is 3.44. The molecule has 0 aliphatic rings. The average molecular weight is 348 g/mol. The van der Waals surface area contributed by atoms with Gasteiger partial charge in [-0.05, 0) is 42.5 Å². The zero-order valence-electron chi connectivity index (χ0n) is 13.7. The highest BCUT2D eigenvalue weighted by Gasteiger charge is 2.17. The molecule has 0 bridgehead atoms. The van der Waals surface area contributed by atoms with Crippen LogP contribution < -0.4 is 16.2 Å². The molecule has 0 aliphatic carbocycles. The number of hydrogen-bond donors (Lipinski definition) is 3. The summed E-state index contributed by atoms with van der Waals surface area (Å²) in [5.41, 5.74) is 14.5. The van der Waals surface area contributed by atoms with Crippen molar-refractivity contribution in [2.45, 2.75) is 0 Å². The number of anilines is 2. The van der Waals surface area contributed by atoms with Gasteiger partial charge in [0, 0.05) is 22.5 Å². The molecule has 3 aromatic carbocycles. The van der Waals surface area contributed by atoms with Crippen molar-refractivity contribution in [1.29, 1.82) is 0 Å². The second kappa shape index (κ2) is 6.98. The van der Waals surface area contributed by atoms with Crippen LogP contribution in [0.5, 0.6) is 5.75 Å². The van der Waals surface area contributed by atoms with Gasteiger partial charge in [0.15, 0.2) is 0 Å². The lowest BCUT2D eigenvalue weighted by molar-refractivity contribution is 0.0692. The van der Waals surface area contributed by atoms with Crippen LogP contribution in [0.3, 0.4) is 0 Å². The minimum absolute atomic E-state index is 0.0863. The number of rotatable bonds is 4. The lowest BCUT2D eigenvalue weighted by atomic mass is 10.0. The molecule has 3 rings (SSSR count). The molecule has 6 nitrogen and oxygen atoms in total. The van der Waals surface area contributed by atoms with Gasteiger partial charge < -0.3 is 21.3 Å². The Hall–Kier alpha value is -3.80. The summed E-state index contributed by atoms with van der Waals surface area (Å²) in [5.74, 6) is -1.42. The van der Waals surface area contributed by atoms with E-state index in [4.69, 9.17) is 21.3 Å². The molecule has 0 aromatic heterocycles. The molecule has 3 aromatic rings. The lowest BCUT2D eigenvalue weighted by Crippen LogP contribution is -2.10. The largest absolute Gasteiger partial charge is 0.478 e. The van der Waals surface area contributed by atoms with Crippen molar-refractivity contribution in [3.63, 3.8) is 0 Å². The fourth-order valence-electron chi connectivity index (χ4n) is 2.55. The molecule has 6 heteroatoms. The minimum Gasteiger partial charge on any atom is -0.478 e. The quantitative estimate of drug-likeness (QED) is 0.378. The summed E-state index contributed by atoms with van der Waals surface area (Å²) in [6, 6.07) is 17.6. The molecule has 0 radical (unpaired) electrons. The van der Waals surface area contributed by atoms with Crippen LogP contribution in [-0.4, -0.2) is 17.0 Å². The maximum Gasteiger partial charge on any atom is 0.343 e. The Balaban J connectivity index is 1.95. The summed E-state index contributed by atoms with van der Waals surface area (Å²) in [7, 11) is 0. The van der Waals surface area contributed by atoms with Crippen LogP contribution >= 0.6 is 0 Å². The smallest absolute Gasteiger partial charge is 0.343 e. The van der Waals surface area contributed by atoms with Gasteiger partial charge in [-0.15, -0.1) is 0 Å². The normalized spacial score (nSPS) is 10.3. The molecule has 0 saturated heterocycles. The first-order valence-corrected chi connectivity index (χ1v) is 7.76. The molecular formula is C20H16N2O4. The number of carboxylic acid groups (broad SMARTS) is 1. The Bertz CT molecular complexity index is 981. The highest BCUT2D eigenvalue weighted by Crippen LogP contribution is 2.38. The lowest BCUT2D eigenvalue weighted by Gasteiger charge is -2.14. The van der Waals surface area contributed by atoms with Gasteiger partial charge >= 0.3 is 11.9 Å². The third-order valence-corrected chi connectivity index (χ3v) is 3.86. The molecule has 0 fully saturated rings. The van der Waals surface area contributed by atoms with Gasteiger partial charge in [-0.25, -0.2) is 9.59 Å². The van der Waals surface area contributed by atoms with E-state index in [0.717, 1.165) is 0 Å². The molecule has 0 amide bonds. The van der Waals surface area contributed by atoms with Gasteiger partial charge in [0.25, 0.3) is 0 Å². The van der Waals surface area contributed by atoms with Gasteiger partial charge in [-0.1, -0.05) is 24.3 Å². The number of carboxylic acids is 1. The monoisotopic (exact) mass is 348 g/mol. The predicted molar refractivity (Wildman–Crippen MR) is 99.1 cm³/mol. The minimum atomic E-state index is -1.07. The van der Waals surface area contributed by atoms with E-state index in [-0.39, 0.29) is 16.9 Å². The van der Waals surface area contributed by atoms with Crippen LogP contribution in [0.25, 0.3) is 11.1 Å². The van der Waals surface area contributed by atoms with E-state index in [1.807, 2.05) is 6.07 Å². The van der Waals surface area contributed by atoms with Crippen molar-refractivity contribution in [3.8, 4) is 16.9 Å². The molecule has 0 saturated carbocycles. The van der Waals surface area contributed by atoms with E-state index in [2.05, 4.69) is 0 Å². The first-order valence-electron chi connectivity index (χ1n) is 7.76. The van der Waals surface area contributed by atoms with Gasteiger partial charge in [-0.2, -0.15) is 0 Å². The Morgan fingerprint density at radius 1 is 0.769 bits per heavy atom. The standard InChI is InChI=1S/C20H16N2O4/c21-15-5-2-1-4-14(15)18-16(22)6-3-7-17(18)26-20(25)13-10-8-12(9-11-13)19(23)24/h1-11H,21-22H2,(H,23,24). The van der Waals surface area contributed by atoms with E-state index in [1.165, 1.54) is 24.3 Å². The number of esters is 1. The Morgan fingerprint density at radius 2 is 1.38 bits per heavy atom. The zero-order chi connectivity index (χ0) is 18.7. The second-order valence-electron chi connectivity index (χ2n) is 5.58. The first-order chi connectivity index (χ1) is 12.5. The van der Waals surface area contributed by atoms with Crippen molar-refractivity contribution < 1.29 is 19.4 Å². The summed E-state index contributed by atoms with van der Waals surface area (Å²) >= 11 is 0. The fraction of sp³-hybridized carbons (Fsp3) is 0. The van der Waals surface area contributed by atoms with Crippen molar-refractivity contribution in [2.75, 3.05) is 11.5 Å². The first kappa shape index (κ1) is 17.0. The number of carbonyl (C=O) groups excluding carboxylic acids is 1. The van der Waals surface area contributed by atoms with Gasteiger partial charge in [0.05, 0.1) is 11.1 Å². The van der Waals surface area contributed by atoms with Gasteiger partial charge in [-0.3, -0.25) is 0 Å². The van der Waals surface area contributed by atoms with Crippen LogP contribution in [0.4, 0.5) is 11.4 Å². The van der Waals surface area contributed by atoms with Crippen molar-refractivity contribution in [2.24, 2.45) is 0 Å². The third-order valence-electron chi connectivity index (χ3n) is 3.86. The summed E-state index contributed by atoms with van der Waals surface area (Å²) in [4.78, 5) is 23.3. The van der Waals surface area contributed by atoms with Crippen LogP contribution in [0, 0.1) is 0 Å². The number of para-hydroxylation sites is 1. The maximum atomic E-state index is 12.4. The Kier molecular flexibility index (Phi) is 4.57. The van der Waals surface area contributed by atoms with E-state index in [9.17, 15) is 9.59 Å². The van der Waals surface area contributed by atoms with Crippen LogP contribution in [0.1, 0.15) is 20.7 Å². The number of ether oxygens (including phenoxy) is 1. The molecular weight excluding hydrogens is 332 g/mol. The SMILES string of the molecule is Nc1ccccc1-c1c(N)cccc1OC(=O)c1ccc(C(=O)O)cc1. The van der Waals surface area contributed by atoms with E-state index >= 15 is 0 Å². The van der Waals surface area contributed by atoms with Gasteiger partial charge in [0.2, 0.25) is 0 Å². The molecule has 0 atom stereocenters. The summed E-state index contributed by atoms with van der Waals surface area (Å²) in [6.07, 6.45) is 0. The molecule has 26 heavy (non-hydrogen) atoms. The van der Waals surface area contributed by atoms with Crippen LogP contribution in [0.2, 0.25) is 0 Å². The molecule has 0 aliphatic heterocycles. The number of nitrogens with two attached hydrogens (primary N) is 2. The van der Waals surface area contributed by atoms with Crippen LogP contribution in [-0.2, 0) is 0 Å². The Morgan fingerprint density at radius 3 is 2.04 bits per heavy atom. The summed E-state index contributed by atoms with van der Waals surface area (Å²) in [6.45, 7) is 0. The van der Waals surface area contributed by atoms with Gasteiger partial charge in [0.1, 0.15) is 5.75 Å². The van der Waals surface area contributed by atoms with E-state index in [1.54, 1.807) is 36.4 Å². The van der Waals surface area contributed by atoms with E-state index < -0.39 is 11.9 Å². The number of benzene rings is 3. The number of carbonyl (C=O) groups is 2. The molecule has 5 N–H and O–H groups in total. The topological polar surface area (TPSA) is 116 Å². The Labute approximate surface area is 149 Å². The number of aromatic carboxylic acids is 1. The molecule has 0 heterocycles. The van der Waals surface area contributed by atoms with Crippen molar-refractivity contribution in [1.82, 2.24) is 0 Å². The zero-order valence-corrected chi connectivity index (χ0v) is 13.7. The fourth-order valence-corrected chi connectivity index (χ4v) is 2.55. The number of hydrogen-bond acceptors (Lipinski definition) is 5. The van der Waals surface area contributed by atoms with Crippen molar-refractivity contribution in [3.05, 3.63) is 77.9 Å². The molecule has 130 valence electrons. The summed E-state index contributed by atoms with van der Waals surface area (Å²) < 4.78 is 5.50. The maximum absolute atomic E-state index is 12.4. The summed E-state index contributed by atoms with van der Waals surface area (Å²) in [5, 5.41) is 8.93. The number of nitrogen functional groups attached to an aromatic ring is 2. The highest BCUT2D eigenvalue weighted by atomic mass is 16.5. The van der Waals surface area contributed by atoms with Crippen molar-refractivity contribution >= 4 is 23.3 Å². The third kappa shape index (κ3) is 3.34. The highest BCUT2D eigenvalue weighted by molar-refractivity contribution is 5.96. The van der Waals surface area contributed by atoms with E-state index in [0.29, 0.717) is 22.5 Å². The van der Waals surface area contributed by atoms with Crippen LogP contribution in [0.15, 0.2) is 66.7 Å². The second-order valence-corrected chi connectivity index (χ2v) is 5.58. The molecule has 0 spiro atoms.